The molecule has 0 atom stereocenters. The van der Waals surface area contributed by atoms with Gasteiger partial charge in [-0.2, -0.15) is 0 Å². The molecule has 1 rings (SSSR count). The highest BCUT2D eigenvalue weighted by Gasteiger charge is 2.20. The number of halogens is 4. The van der Waals surface area contributed by atoms with Crippen molar-refractivity contribution in [3.05, 3.63) is 25.3 Å². The van der Waals surface area contributed by atoms with E-state index in [-0.39, 0.29) is 0 Å². The number of allylic oxidation sites excluding steroid dienone is 1. The second kappa shape index (κ2) is 5.46. The number of nitrogens with zero attached hydrogens (tertiary/aromatic N) is 2. The Morgan fingerprint density at radius 2 is 1.93 bits per heavy atom. The smallest absolute Gasteiger partial charge is 0.418 e. The molecule has 0 saturated heterocycles. The summed E-state index contributed by atoms with van der Waals surface area (Å²) in [6, 6.07) is 0. The van der Waals surface area contributed by atoms with Gasteiger partial charge in [0, 0.05) is 18.1 Å². The maximum atomic E-state index is 9.75. The minimum absolute atomic E-state index is 0.969. The highest BCUT2D eigenvalue weighted by atomic mass is 19.5. The van der Waals surface area contributed by atoms with Crippen LogP contribution in [0.15, 0.2) is 25.3 Å². The third-order valence-electron chi connectivity index (χ3n) is 1.28. The molecule has 0 radical (unpaired) electrons. The van der Waals surface area contributed by atoms with E-state index in [1.807, 2.05) is 10.8 Å². The summed E-state index contributed by atoms with van der Waals surface area (Å²) in [5.41, 5.74) is 1.08. The average Bonchev–Trinajstić information content (AvgIpc) is 2.51. The molecule has 0 aliphatic carbocycles. The van der Waals surface area contributed by atoms with Crippen LogP contribution in [-0.2, 0) is 0 Å². The first kappa shape index (κ1) is 12.7. The zero-order valence-electron chi connectivity index (χ0n) is 7.63. The molecule has 0 fully saturated rings. The molecular formula is C7H10BF4N2-. The van der Waals surface area contributed by atoms with Gasteiger partial charge in [-0.25, -0.2) is 4.98 Å². The fraction of sp³-hybridized carbons (Fsp3) is 0.286. The first-order valence-corrected chi connectivity index (χ1v) is 3.88. The highest BCUT2D eigenvalue weighted by Crippen LogP contribution is 2.06. The van der Waals surface area contributed by atoms with E-state index in [4.69, 9.17) is 0 Å². The van der Waals surface area contributed by atoms with E-state index in [1.54, 1.807) is 12.5 Å². The third-order valence-corrected chi connectivity index (χ3v) is 1.28. The van der Waals surface area contributed by atoms with Crippen LogP contribution in [0.4, 0.5) is 17.3 Å². The lowest BCUT2D eigenvalue weighted by atomic mass is 10.3. The van der Waals surface area contributed by atoms with Crippen LogP contribution in [0.1, 0.15) is 13.3 Å². The highest BCUT2D eigenvalue weighted by molar-refractivity contribution is 6.50. The molecule has 0 aliphatic rings. The van der Waals surface area contributed by atoms with Crippen molar-refractivity contribution in [2.45, 2.75) is 13.3 Å². The summed E-state index contributed by atoms with van der Waals surface area (Å²) in [6.45, 7) is 5.91. The van der Waals surface area contributed by atoms with Crippen LogP contribution in [0.25, 0.3) is 5.70 Å². The zero-order valence-corrected chi connectivity index (χ0v) is 7.63. The van der Waals surface area contributed by atoms with E-state index in [9.17, 15) is 17.3 Å². The van der Waals surface area contributed by atoms with Crippen molar-refractivity contribution in [2.24, 2.45) is 0 Å². The molecule has 14 heavy (non-hydrogen) atoms. The van der Waals surface area contributed by atoms with Gasteiger partial charge in [-0.1, -0.05) is 13.5 Å². The van der Waals surface area contributed by atoms with Gasteiger partial charge in [0.2, 0.25) is 0 Å². The molecule has 0 spiro atoms. The summed E-state index contributed by atoms with van der Waals surface area (Å²) in [5.74, 6) is 0. The maximum Gasteiger partial charge on any atom is 0.673 e. The SMILES string of the molecule is C=C(CC)n1ccnc1.F[B-](F)(F)F. The van der Waals surface area contributed by atoms with E-state index >= 15 is 0 Å². The molecule has 0 unspecified atom stereocenters. The Kier molecular flexibility index (Phi) is 4.97. The van der Waals surface area contributed by atoms with E-state index in [0.717, 1.165) is 12.1 Å². The van der Waals surface area contributed by atoms with Crippen molar-refractivity contribution < 1.29 is 17.3 Å². The molecule has 1 aromatic rings. The normalized spacial score (nSPS) is 10.4. The molecule has 1 aromatic heterocycles. The van der Waals surface area contributed by atoms with Crippen LogP contribution < -0.4 is 0 Å². The number of aromatic nitrogens is 2. The molecular weight excluding hydrogens is 199 g/mol. The second-order valence-electron chi connectivity index (χ2n) is 2.38. The molecule has 1 heterocycles. The first-order valence-electron chi connectivity index (χ1n) is 3.88. The Morgan fingerprint density at radius 1 is 1.43 bits per heavy atom. The third kappa shape index (κ3) is 7.39. The van der Waals surface area contributed by atoms with Crippen molar-refractivity contribution >= 4 is 13.0 Å². The van der Waals surface area contributed by atoms with Gasteiger partial charge < -0.3 is 21.8 Å². The van der Waals surface area contributed by atoms with Crippen LogP contribution in [0.3, 0.4) is 0 Å². The minimum Gasteiger partial charge on any atom is -0.418 e. The maximum absolute atomic E-state index is 9.75. The summed E-state index contributed by atoms with van der Waals surface area (Å²) in [6.07, 6.45) is 6.37. The van der Waals surface area contributed by atoms with Gasteiger partial charge in [0.1, 0.15) is 0 Å². The molecule has 7 heteroatoms. The van der Waals surface area contributed by atoms with Crippen molar-refractivity contribution in [1.29, 1.82) is 0 Å². The number of imidazole rings is 1. The number of hydrogen-bond donors (Lipinski definition) is 0. The summed E-state index contributed by atoms with van der Waals surface area (Å²) >= 11 is 0. The molecule has 0 N–H and O–H groups in total. The molecule has 0 bridgehead atoms. The predicted molar refractivity (Wildman–Crippen MR) is 48.0 cm³/mol. The molecule has 80 valence electrons. The van der Waals surface area contributed by atoms with Gasteiger partial charge >= 0.3 is 7.25 Å². The Balaban J connectivity index is 0.000000292. The molecule has 2 nitrogen and oxygen atoms in total. The topological polar surface area (TPSA) is 17.8 Å². The van der Waals surface area contributed by atoms with E-state index < -0.39 is 7.25 Å². The van der Waals surface area contributed by atoms with Crippen LogP contribution >= 0.6 is 0 Å². The van der Waals surface area contributed by atoms with Crippen LogP contribution in [-0.4, -0.2) is 16.8 Å². The molecule has 0 aliphatic heterocycles. The van der Waals surface area contributed by atoms with Gasteiger partial charge in [0.05, 0.1) is 6.33 Å². The first-order chi connectivity index (χ1) is 6.34. The number of rotatable bonds is 2. The Bertz CT molecular complexity index is 262. The summed E-state index contributed by atoms with van der Waals surface area (Å²) in [4.78, 5) is 3.89. The largest absolute Gasteiger partial charge is 0.673 e. The summed E-state index contributed by atoms with van der Waals surface area (Å²) < 4.78 is 40.9. The van der Waals surface area contributed by atoms with Crippen molar-refractivity contribution in [2.75, 3.05) is 0 Å². The predicted octanol–water partition coefficient (Wildman–Crippen LogP) is 3.06. The van der Waals surface area contributed by atoms with Crippen LogP contribution in [0.5, 0.6) is 0 Å². The van der Waals surface area contributed by atoms with Crippen molar-refractivity contribution in [1.82, 2.24) is 9.55 Å². The standard InChI is InChI=1S/C7H10N2.BF4/c1-3-7(2)9-5-4-8-6-9;2-1(3,4)5/h4-6H,2-3H2,1H3;/q;-1. The minimum atomic E-state index is -6.00. The molecule has 0 amide bonds. The number of hydrogen-bond acceptors (Lipinski definition) is 1. The van der Waals surface area contributed by atoms with E-state index in [2.05, 4.69) is 18.5 Å². The summed E-state index contributed by atoms with van der Waals surface area (Å²) in [7, 11) is -6.00. The average molecular weight is 209 g/mol. The van der Waals surface area contributed by atoms with E-state index in [0.29, 0.717) is 0 Å². The van der Waals surface area contributed by atoms with Gasteiger partial charge in [-0.05, 0) is 6.42 Å². The zero-order chi connectivity index (χ0) is 11.2. The van der Waals surface area contributed by atoms with Gasteiger partial charge in [-0.15, -0.1) is 0 Å². The lowest BCUT2D eigenvalue weighted by molar-refractivity contribution is 0.368. The van der Waals surface area contributed by atoms with Gasteiger partial charge in [-0.3, -0.25) is 0 Å². The van der Waals surface area contributed by atoms with Crippen molar-refractivity contribution in [3.8, 4) is 0 Å². The van der Waals surface area contributed by atoms with Gasteiger partial charge in [0.25, 0.3) is 0 Å². The molecule has 0 saturated carbocycles. The Labute approximate surface area is 79.4 Å². The quantitative estimate of drug-likeness (QED) is 0.540. The van der Waals surface area contributed by atoms with E-state index in [1.165, 1.54) is 0 Å². The molecule has 0 aromatic carbocycles. The second-order valence-corrected chi connectivity index (χ2v) is 2.38. The lowest BCUT2D eigenvalue weighted by Crippen LogP contribution is -2.02. The Morgan fingerprint density at radius 3 is 2.21 bits per heavy atom. The van der Waals surface area contributed by atoms with Crippen LogP contribution in [0.2, 0.25) is 0 Å². The van der Waals surface area contributed by atoms with Crippen molar-refractivity contribution in [3.63, 3.8) is 0 Å². The Hall–Kier alpha value is -1.27. The fourth-order valence-corrected chi connectivity index (χ4v) is 0.629. The van der Waals surface area contributed by atoms with Crippen LogP contribution in [0, 0.1) is 0 Å². The fourth-order valence-electron chi connectivity index (χ4n) is 0.629. The van der Waals surface area contributed by atoms with Gasteiger partial charge in [0.15, 0.2) is 0 Å². The lowest BCUT2D eigenvalue weighted by Gasteiger charge is -1.99. The summed E-state index contributed by atoms with van der Waals surface area (Å²) in [5, 5.41) is 0. The monoisotopic (exact) mass is 209 g/mol.